The Labute approximate surface area is 155 Å². The van der Waals surface area contributed by atoms with Crippen molar-refractivity contribution in [3.05, 3.63) is 0 Å². The first-order valence-electron chi connectivity index (χ1n) is 10.2. The van der Waals surface area contributed by atoms with Crippen LogP contribution in [0.2, 0.25) is 0 Å². The fourth-order valence-corrected chi connectivity index (χ4v) is 2.33. The summed E-state index contributed by atoms with van der Waals surface area (Å²) in [6.45, 7) is 10.3. The minimum absolute atomic E-state index is 0.133. The minimum atomic E-state index is 0.133. The molecule has 0 aliphatic carbocycles. The maximum absolute atomic E-state index is 11.7. The Morgan fingerprint density at radius 2 is 1.44 bits per heavy atom. The van der Waals surface area contributed by atoms with E-state index in [0.29, 0.717) is 38.9 Å². The van der Waals surface area contributed by atoms with Gasteiger partial charge in [0.1, 0.15) is 0 Å². The zero-order valence-corrected chi connectivity index (χ0v) is 16.8. The Balaban J connectivity index is 3.16. The zero-order valence-electron chi connectivity index (χ0n) is 16.8. The topological polar surface area (TPSA) is 56.8 Å². The van der Waals surface area contributed by atoms with Crippen molar-refractivity contribution in [2.24, 2.45) is 0 Å². The Bertz CT molecular complexity index is 285. The van der Waals surface area contributed by atoms with E-state index < -0.39 is 0 Å². The van der Waals surface area contributed by atoms with Crippen LogP contribution in [0.25, 0.3) is 0 Å². The van der Waals surface area contributed by atoms with Crippen molar-refractivity contribution >= 4 is 5.91 Å². The van der Waals surface area contributed by atoms with Gasteiger partial charge in [-0.15, -0.1) is 0 Å². The predicted molar refractivity (Wildman–Crippen MR) is 103 cm³/mol. The summed E-state index contributed by atoms with van der Waals surface area (Å²) in [5, 5.41) is 2.90. The molecule has 5 heteroatoms. The summed E-state index contributed by atoms with van der Waals surface area (Å²) in [6, 6.07) is 0. The second-order valence-electron chi connectivity index (χ2n) is 6.72. The van der Waals surface area contributed by atoms with E-state index in [0.717, 1.165) is 45.3 Å². The van der Waals surface area contributed by atoms with Crippen LogP contribution in [0, 0.1) is 0 Å². The average molecular weight is 360 g/mol. The second kappa shape index (κ2) is 19.7. The number of ether oxygens (including phenoxy) is 3. The fraction of sp³-hybridized carbons (Fsp3) is 0.950. The van der Waals surface area contributed by atoms with Crippen LogP contribution < -0.4 is 5.32 Å². The molecule has 0 unspecified atom stereocenters. The van der Waals surface area contributed by atoms with Gasteiger partial charge >= 0.3 is 0 Å². The molecule has 0 saturated heterocycles. The van der Waals surface area contributed by atoms with Gasteiger partial charge in [0.25, 0.3) is 0 Å². The van der Waals surface area contributed by atoms with Gasteiger partial charge in [-0.3, -0.25) is 4.79 Å². The fourth-order valence-electron chi connectivity index (χ4n) is 2.33. The molecular weight excluding hydrogens is 318 g/mol. The van der Waals surface area contributed by atoms with E-state index in [1.807, 2.05) is 0 Å². The summed E-state index contributed by atoms with van der Waals surface area (Å²) in [5.41, 5.74) is 0. The molecule has 25 heavy (non-hydrogen) atoms. The molecule has 0 aromatic carbocycles. The lowest BCUT2D eigenvalue weighted by Crippen LogP contribution is -2.27. The number of rotatable bonds is 19. The molecular formula is C20H41NO4. The van der Waals surface area contributed by atoms with Gasteiger partial charge in [-0.2, -0.15) is 0 Å². The highest BCUT2D eigenvalue weighted by Crippen LogP contribution is 2.07. The standard InChI is InChI=1S/C20H41NO4/c1-4-5-14-23-17-18-24-16-13-21-20(22)12-10-8-6-7-9-11-15-25-19(2)3/h19H,4-18H2,1-3H3,(H,21,22). The second-order valence-corrected chi connectivity index (χ2v) is 6.72. The van der Waals surface area contributed by atoms with Crippen LogP contribution in [0.3, 0.4) is 0 Å². The van der Waals surface area contributed by atoms with Crippen molar-refractivity contribution in [2.75, 3.05) is 39.6 Å². The molecule has 150 valence electrons. The Morgan fingerprint density at radius 1 is 0.800 bits per heavy atom. The van der Waals surface area contributed by atoms with Crippen molar-refractivity contribution in [3.63, 3.8) is 0 Å². The molecule has 0 bridgehead atoms. The molecule has 0 heterocycles. The van der Waals surface area contributed by atoms with Crippen LogP contribution in [0.4, 0.5) is 0 Å². The Kier molecular flexibility index (Phi) is 19.2. The van der Waals surface area contributed by atoms with Gasteiger partial charge in [0, 0.05) is 26.2 Å². The number of hydrogen-bond acceptors (Lipinski definition) is 4. The number of carbonyl (C=O) groups excluding carboxylic acids is 1. The molecule has 1 amide bonds. The lowest BCUT2D eigenvalue weighted by atomic mass is 10.1. The van der Waals surface area contributed by atoms with Gasteiger partial charge in [-0.05, 0) is 33.1 Å². The summed E-state index contributed by atoms with van der Waals surface area (Å²) >= 11 is 0. The molecule has 0 aliphatic rings. The molecule has 0 atom stereocenters. The van der Waals surface area contributed by atoms with E-state index in [1.54, 1.807) is 0 Å². The van der Waals surface area contributed by atoms with Gasteiger partial charge in [-0.1, -0.05) is 39.0 Å². The van der Waals surface area contributed by atoms with Gasteiger partial charge in [0.2, 0.25) is 5.91 Å². The SMILES string of the molecule is CCCCOCCOCCNC(=O)CCCCCCCCOC(C)C. The molecule has 0 aromatic heterocycles. The maximum atomic E-state index is 11.7. The third-order valence-electron chi connectivity index (χ3n) is 3.83. The summed E-state index contributed by atoms with van der Waals surface area (Å²) in [6.07, 6.45) is 10.1. The summed E-state index contributed by atoms with van der Waals surface area (Å²) in [4.78, 5) is 11.7. The van der Waals surface area contributed by atoms with Crippen molar-refractivity contribution in [3.8, 4) is 0 Å². The monoisotopic (exact) mass is 359 g/mol. The first-order valence-corrected chi connectivity index (χ1v) is 10.2. The molecule has 0 saturated carbocycles. The van der Waals surface area contributed by atoms with Crippen molar-refractivity contribution in [1.82, 2.24) is 5.32 Å². The highest BCUT2D eigenvalue weighted by molar-refractivity contribution is 5.75. The average Bonchev–Trinajstić information content (AvgIpc) is 2.58. The highest BCUT2D eigenvalue weighted by Gasteiger charge is 2.01. The predicted octanol–water partition coefficient (Wildman–Crippen LogP) is 4.09. The Hall–Kier alpha value is -0.650. The summed E-state index contributed by atoms with van der Waals surface area (Å²) < 4.78 is 16.3. The molecule has 0 radical (unpaired) electrons. The van der Waals surface area contributed by atoms with E-state index in [-0.39, 0.29) is 5.91 Å². The van der Waals surface area contributed by atoms with Crippen molar-refractivity contribution in [2.45, 2.75) is 84.7 Å². The van der Waals surface area contributed by atoms with E-state index in [9.17, 15) is 4.79 Å². The van der Waals surface area contributed by atoms with E-state index in [1.165, 1.54) is 19.3 Å². The Morgan fingerprint density at radius 3 is 2.12 bits per heavy atom. The molecule has 0 aliphatic heterocycles. The number of unbranched alkanes of at least 4 members (excludes halogenated alkanes) is 6. The maximum Gasteiger partial charge on any atom is 0.220 e. The zero-order chi connectivity index (χ0) is 18.6. The number of nitrogens with one attached hydrogen (secondary N) is 1. The number of carbonyl (C=O) groups is 1. The molecule has 0 fully saturated rings. The van der Waals surface area contributed by atoms with Crippen LogP contribution in [-0.2, 0) is 19.0 Å². The van der Waals surface area contributed by atoms with Crippen molar-refractivity contribution < 1.29 is 19.0 Å². The lowest BCUT2D eigenvalue weighted by molar-refractivity contribution is -0.121. The largest absolute Gasteiger partial charge is 0.379 e. The molecule has 1 N–H and O–H groups in total. The molecule has 5 nitrogen and oxygen atoms in total. The van der Waals surface area contributed by atoms with Crippen LogP contribution in [0.5, 0.6) is 0 Å². The van der Waals surface area contributed by atoms with E-state index in [2.05, 4.69) is 26.1 Å². The summed E-state index contributed by atoms with van der Waals surface area (Å²) in [7, 11) is 0. The first kappa shape index (κ1) is 24.4. The lowest BCUT2D eigenvalue weighted by Gasteiger charge is -2.08. The van der Waals surface area contributed by atoms with Gasteiger partial charge in [-0.25, -0.2) is 0 Å². The summed E-state index contributed by atoms with van der Waals surface area (Å²) in [5.74, 6) is 0.133. The van der Waals surface area contributed by atoms with Crippen LogP contribution in [0.15, 0.2) is 0 Å². The molecule has 0 aromatic rings. The third-order valence-corrected chi connectivity index (χ3v) is 3.83. The highest BCUT2D eigenvalue weighted by atomic mass is 16.5. The molecule has 0 rings (SSSR count). The van der Waals surface area contributed by atoms with E-state index >= 15 is 0 Å². The van der Waals surface area contributed by atoms with Gasteiger partial charge in [0.15, 0.2) is 0 Å². The smallest absolute Gasteiger partial charge is 0.220 e. The number of amides is 1. The van der Waals surface area contributed by atoms with Crippen LogP contribution in [-0.4, -0.2) is 51.6 Å². The van der Waals surface area contributed by atoms with Crippen LogP contribution >= 0.6 is 0 Å². The van der Waals surface area contributed by atoms with Gasteiger partial charge in [0.05, 0.1) is 25.9 Å². The van der Waals surface area contributed by atoms with Crippen molar-refractivity contribution in [1.29, 1.82) is 0 Å². The first-order chi connectivity index (χ1) is 12.2. The quantitative estimate of drug-likeness (QED) is 0.353. The molecule has 0 spiro atoms. The minimum Gasteiger partial charge on any atom is -0.379 e. The van der Waals surface area contributed by atoms with Gasteiger partial charge < -0.3 is 19.5 Å². The normalized spacial score (nSPS) is 11.2. The van der Waals surface area contributed by atoms with Crippen LogP contribution in [0.1, 0.15) is 78.6 Å². The number of hydrogen-bond donors (Lipinski definition) is 1. The van der Waals surface area contributed by atoms with E-state index in [4.69, 9.17) is 14.2 Å². The third kappa shape index (κ3) is 21.3.